The number of benzene rings is 6. The quantitative estimate of drug-likeness (QED) is 0.169. The third-order valence-corrected chi connectivity index (χ3v) is 14.1. The summed E-state index contributed by atoms with van der Waals surface area (Å²) in [6.07, 6.45) is 7.06. The van der Waals surface area contributed by atoms with Crippen molar-refractivity contribution < 1.29 is 0 Å². The van der Waals surface area contributed by atoms with Gasteiger partial charge in [0.2, 0.25) is 0 Å². The average molecular weight is 671 g/mol. The second kappa shape index (κ2) is 10.8. The number of anilines is 3. The van der Waals surface area contributed by atoms with Crippen molar-refractivity contribution in [3.05, 3.63) is 167 Å². The fourth-order valence-electron chi connectivity index (χ4n) is 12.1. The first-order valence-corrected chi connectivity index (χ1v) is 19.3. The Morgan fingerprint density at radius 2 is 1.02 bits per heavy atom. The van der Waals surface area contributed by atoms with E-state index in [0.29, 0.717) is 5.69 Å². The van der Waals surface area contributed by atoms with E-state index in [1.807, 2.05) is 12.1 Å². The van der Waals surface area contributed by atoms with E-state index in [1.54, 1.807) is 11.1 Å². The van der Waals surface area contributed by atoms with Gasteiger partial charge in [0.1, 0.15) is 0 Å². The molecule has 0 radical (unpaired) electrons. The van der Waals surface area contributed by atoms with Crippen LogP contribution in [0.1, 0.15) is 68.2 Å². The van der Waals surface area contributed by atoms with Gasteiger partial charge >= 0.3 is 0 Å². The molecule has 12 rings (SSSR count). The van der Waals surface area contributed by atoms with Crippen LogP contribution in [0.4, 0.5) is 22.7 Å². The Morgan fingerprint density at radius 3 is 1.69 bits per heavy atom. The highest BCUT2D eigenvalue weighted by molar-refractivity contribution is 5.89. The van der Waals surface area contributed by atoms with Gasteiger partial charge in [-0.1, -0.05) is 111 Å². The maximum absolute atomic E-state index is 7.37. The molecule has 4 bridgehead atoms. The molecule has 0 aliphatic heterocycles. The molecule has 0 unspecified atom stereocenters. The summed E-state index contributed by atoms with van der Waals surface area (Å²) in [5.74, 6) is 3.38. The number of hydrogen-bond donors (Lipinski definition) is 0. The molecule has 252 valence electrons. The van der Waals surface area contributed by atoms with Crippen LogP contribution in [0.15, 0.2) is 133 Å². The molecule has 6 aromatic carbocycles. The van der Waals surface area contributed by atoms with Crippen LogP contribution in [0.25, 0.3) is 38.2 Å². The van der Waals surface area contributed by atoms with Crippen LogP contribution in [-0.2, 0) is 10.8 Å². The summed E-state index contributed by atoms with van der Waals surface area (Å²) in [4.78, 5) is 6.07. The molecule has 4 fully saturated rings. The second-order valence-corrected chi connectivity index (χ2v) is 16.9. The Kier molecular flexibility index (Phi) is 6.29. The minimum atomic E-state index is -0.0856. The molecular formula is C50H42N2. The minimum absolute atomic E-state index is 0.0856. The summed E-state index contributed by atoms with van der Waals surface area (Å²) in [5.41, 5.74) is 18.1. The SMILES string of the molecule is [C-]#[N+]c1ccc(-c2ccc(N(c3ccc4c(c3)-c3ccccc3C43C4CC5CC(C4)CC3C5)c3ccc4c(c3)C(C)(C)c3ccccc3-4)cc2)cc1. The molecule has 2 heteroatoms. The van der Waals surface area contributed by atoms with E-state index in [9.17, 15) is 0 Å². The van der Waals surface area contributed by atoms with Gasteiger partial charge in [0.05, 0.1) is 6.57 Å². The zero-order chi connectivity index (χ0) is 34.8. The first-order valence-electron chi connectivity index (χ1n) is 19.3. The highest BCUT2D eigenvalue weighted by Crippen LogP contribution is 2.69. The van der Waals surface area contributed by atoms with E-state index in [-0.39, 0.29) is 10.8 Å². The van der Waals surface area contributed by atoms with Crippen LogP contribution in [0.5, 0.6) is 0 Å². The minimum Gasteiger partial charge on any atom is -0.310 e. The van der Waals surface area contributed by atoms with Gasteiger partial charge in [-0.25, -0.2) is 4.85 Å². The normalized spacial score (nSPS) is 24.9. The van der Waals surface area contributed by atoms with Crippen LogP contribution in [-0.4, -0.2) is 0 Å². The summed E-state index contributed by atoms with van der Waals surface area (Å²) in [5, 5.41) is 0. The first-order chi connectivity index (χ1) is 25.4. The molecule has 6 aliphatic rings. The van der Waals surface area contributed by atoms with Crippen molar-refractivity contribution in [2.45, 2.75) is 56.8 Å². The summed E-state index contributed by atoms with van der Waals surface area (Å²) >= 11 is 0. The zero-order valence-corrected chi connectivity index (χ0v) is 29.9. The van der Waals surface area contributed by atoms with Gasteiger partial charge in [-0.15, -0.1) is 0 Å². The lowest BCUT2D eigenvalue weighted by atomic mass is 9.43. The molecule has 6 aliphatic carbocycles. The smallest absolute Gasteiger partial charge is 0.187 e. The molecule has 0 amide bonds. The Labute approximate surface area is 307 Å². The van der Waals surface area contributed by atoms with E-state index in [1.165, 1.54) is 76.9 Å². The van der Waals surface area contributed by atoms with Gasteiger partial charge < -0.3 is 4.90 Å². The first kappa shape index (κ1) is 30.3. The monoisotopic (exact) mass is 670 g/mol. The lowest BCUT2D eigenvalue weighted by Crippen LogP contribution is -2.55. The van der Waals surface area contributed by atoms with Crippen molar-refractivity contribution in [3.63, 3.8) is 0 Å². The third-order valence-electron chi connectivity index (χ3n) is 14.1. The fourth-order valence-corrected chi connectivity index (χ4v) is 12.1. The Bertz CT molecular complexity index is 2430. The van der Waals surface area contributed by atoms with Crippen molar-refractivity contribution in [1.82, 2.24) is 0 Å². The Hall–Kier alpha value is -5.39. The van der Waals surface area contributed by atoms with Crippen molar-refractivity contribution in [3.8, 4) is 33.4 Å². The van der Waals surface area contributed by atoms with E-state index in [0.717, 1.165) is 40.5 Å². The number of hydrogen-bond acceptors (Lipinski definition) is 1. The van der Waals surface area contributed by atoms with Crippen molar-refractivity contribution in [2.24, 2.45) is 23.7 Å². The van der Waals surface area contributed by atoms with Crippen LogP contribution in [0.3, 0.4) is 0 Å². The second-order valence-electron chi connectivity index (χ2n) is 16.9. The highest BCUT2D eigenvalue weighted by Gasteiger charge is 2.61. The topological polar surface area (TPSA) is 7.60 Å². The summed E-state index contributed by atoms with van der Waals surface area (Å²) in [6, 6.07) is 49.9. The third kappa shape index (κ3) is 4.06. The highest BCUT2D eigenvalue weighted by atomic mass is 15.1. The molecule has 1 spiro atoms. The van der Waals surface area contributed by atoms with Crippen LogP contribution in [0, 0.1) is 30.2 Å². The fraction of sp³-hybridized carbons (Fsp3) is 0.260. The molecule has 0 heterocycles. The van der Waals surface area contributed by atoms with Gasteiger partial charge in [0.25, 0.3) is 0 Å². The molecular weight excluding hydrogens is 629 g/mol. The van der Waals surface area contributed by atoms with Crippen molar-refractivity contribution in [2.75, 3.05) is 4.90 Å². The Balaban J connectivity index is 1.07. The average Bonchev–Trinajstić information content (AvgIpc) is 3.59. The maximum Gasteiger partial charge on any atom is 0.187 e. The molecule has 0 N–H and O–H groups in total. The Morgan fingerprint density at radius 1 is 0.500 bits per heavy atom. The van der Waals surface area contributed by atoms with Gasteiger partial charge in [0, 0.05) is 27.9 Å². The molecule has 2 nitrogen and oxygen atoms in total. The van der Waals surface area contributed by atoms with Gasteiger partial charge in [-0.2, -0.15) is 0 Å². The molecule has 0 saturated heterocycles. The van der Waals surface area contributed by atoms with E-state index in [4.69, 9.17) is 6.57 Å². The zero-order valence-electron chi connectivity index (χ0n) is 29.9. The van der Waals surface area contributed by atoms with E-state index < -0.39 is 0 Å². The molecule has 0 aromatic heterocycles. The molecule has 52 heavy (non-hydrogen) atoms. The number of fused-ring (bicyclic) bond motifs is 6. The predicted octanol–water partition coefficient (Wildman–Crippen LogP) is 13.4. The van der Waals surface area contributed by atoms with Crippen LogP contribution >= 0.6 is 0 Å². The van der Waals surface area contributed by atoms with Crippen LogP contribution in [0.2, 0.25) is 0 Å². The van der Waals surface area contributed by atoms with E-state index in [2.05, 4.69) is 145 Å². The summed E-state index contributed by atoms with van der Waals surface area (Å²) in [6.45, 7) is 12.1. The summed E-state index contributed by atoms with van der Waals surface area (Å²) < 4.78 is 0. The lowest BCUT2D eigenvalue weighted by molar-refractivity contribution is -0.0399. The molecule has 0 atom stereocenters. The number of rotatable bonds is 4. The molecule has 6 aromatic rings. The van der Waals surface area contributed by atoms with Crippen molar-refractivity contribution in [1.29, 1.82) is 0 Å². The van der Waals surface area contributed by atoms with Crippen molar-refractivity contribution >= 4 is 22.7 Å². The maximum atomic E-state index is 7.37. The van der Waals surface area contributed by atoms with Gasteiger partial charge in [-0.3, -0.25) is 0 Å². The summed E-state index contributed by atoms with van der Waals surface area (Å²) in [7, 11) is 0. The molecule has 4 saturated carbocycles. The largest absolute Gasteiger partial charge is 0.310 e. The standard InChI is InChI=1S/C50H42N2/c1-49(2)45-10-6-4-8-41(45)43-22-20-40(30-48(43)49)52(38-18-14-34(15-19-38)33-12-16-37(51-3)17-13-33)39-21-23-47-44(29-39)42-9-5-7-11-46(42)50(47)35-25-31-24-32(27-35)28-36(50)26-31/h4-23,29-32,35-36H,24-28H2,1-2H3. The number of nitrogens with zero attached hydrogens (tertiary/aromatic N) is 2. The van der Waals surface area contributed by atoms with Crippen LogP contribution < -0.4 is 4.90 Å². The van der Waals surface area contributed by atoms with E-state index >= 15 is 0 Å². The van der Waals surface area contributed by atoms with Gasteiger partial charge in [0.15, 0.2) is 5.69 Å². The van der Waals surface area contributed by atoms with Gasteiger partial charge in [-0.05, 0) is 148 Å². The predicted molar refractivity (Wildman–Crippen MR) is 214 cm³/mol. The lowest BCUT2D eigenvalue weighted by Gasteiger charge is -2.61.